The van der Waals surface area contributed by atoms with Crippen LogP contribution in [0.5, 0.6) is 5.75 Å². The van der Waals surface area contributed by atoms with Gasteiger partial charge < -0.3 is 9.72 Å². The monoisotopic (exact) mass is 211 g/mol. The average molecular weight is 211 g/mol. The van der Waals surface area contributed by atoms with Crippen molar-refractivity contribution in [1.29, 1.82) is 0 Å². The van der Waals surface area contributed by atoms with E-state index in [0.29, 0.717) is 5.39 Å². The smallest absolute Gasteiger partial charge is 0.248 e. The van der Waals surface area contributed by atoms with Crippen LogP contribution in [0.15, 0.2) is 23.0 Å². The lowest BCUT2D eigenvalue weighted by molar-refractivity contribution is 0.376. The van der Waals surface area contributed by atoms with E-state index in [1.165, 1.54) is 19.2 Å². The summed E-state index contributed by atoms with van der Waals surface area (Å²) in [6.45, 7) is 0. The molecule has 0 aliphatic rings. The van der Waals surface area contributed by atoms with Crippen LogP contribution in [-0.2, 0) is 0 Å². The number of aromatic nitrogens is 1. The Balaban J connectivity index is 2.95. The van der Waals surface area contributed by atoms with Gasteiger partial charge in [0, 0.05) is 11.5 Å². The number of hydrogen-bond donors (Lipinski definition) is 1. The average Bonchev–Trinajstić information content (AvgIpc) is 2.21. The number of benzene rings is 1. The second kappa shape index (κ2) is 3.34. The molecule has 0 amide bonds. The zero-order valence-electron chi connectivity index (χ0n) is 7.80. The van der Waals surface area contributed by atoms with Crippen molar-refractivity contribution in [2.24, 2.45) is 0 Å². The molecule has 0 radical (unpaired) electrons. The van der Waals surface area contributed by atoms with Crippen molar-refractivity contribution in [2.45, 2.75) is 0 Å². The fourth-order valence-electron chi connectivity index (χ4n) is 1.40. The fourth-order valence-corrected chi connectivity index (χ4v) is 1.40. The van der Waals surface area contributed by atoms with Crippen LogP contribution in [0.25, 0.3) is 10.9 Å². The molecule has 78 valence electrons. The molecule has 1 aromatic carbocycles. The molecule has 1 aromatic heterocycles. The van der Waals surface area contributed by atoms with Gasteiger partial charge in [0.05, 0.1) is 12.6 Å². The van der Waals surface area contributed by atoms with E-state index in [-0.39, 0.29) is 11.3 Å². The van der Waals surface area contributed by atoms with Crippen molar-refractivity contribution in [1.82, 2.24) is 4.98 Å². The van der Waals surface area contributed by atoms with Gasteiger partial charge in [-0.2, -0.15) is 4.39 Å². The Morgan fingerprint density at radius 2 is 2.07 bits per heavy atom. The highest BCUT2D eigenvalue weighted by molar-refractivity contribution is 5.84. The van der Waals surface area contributed by atoms with E-state index in [9.17, 15) is 13.6 Å². The summed E-state index contributed by atoms with van der Waals surface area (Å²) >= 11 is 0. The Morgan fingerprint density at radius 1 is 1.33 bits per heavy atom. The third kappa shape index (κ3) is 1.45. The minimum atomic E-state index is -1.10. The van der Waals surface area contributed by atoms with Crippen LogP contribution in [-0.4, -0.2) is 12.1 Å². The van der Waals surface area contributed by atoms with E-state index in [0.717, 1.165) is 6.07 Å². The molecule has 0 saturated heterocycles. The van der Waals surface area contributed by atoms with Gasteiger partial charge in [0.2, 0.25) is 11.4 Å². The first-order valence-electron chi connectivity index (χ1n) is 4.18. The highest BCUT2D eigenvalue weighted by Crippen LogP contribution is 2.28. The van der Waals surface area contributed by atoms with Crippen LogP contribution >= 0.6 is 0 Å². The molecule has 0 spiro atoms. The van der Waals surface area contributed by atoms with Gasteiger partial charge in [0.1, 0.15) is 0 Å². The SMILES string of the molecule is COc1c(F)c(F)cc2ccc(=O)[nH]c12. The highest BCUT2D eigenvalue weighted by Gasteiger charge is 2.14. The molecule has 2 aromatic rings. The topological polar surface area (TPSA) is 42.1 Å². The minimum absolute atomic E-state index is 0.156. The molecule has 0 unspecified atom stereocenters. The molecule has 15 heavy (non-hydrogen) atoms. The first-order valence-corrected chi connectivity index (χ1v) is 4.18. The zero-order chi connectivity index (χ0) is 11.0. The molecule has 3 nitrogen and oxygen atoms in total. The van der Waals surface area contributed by atoms with Crippen molar-refractivity contribution in [3.05, 3.63) is 40.2 Å². The molecule has 0 atom stereocenters. The first kappa shape index (κ1) is 9.64. The number of aromatic amines is 1. The Bertz CT molecular complexity index is 577. The summed E-state index contributed by atoms with van der Waals surface area (Å²) in [5, 5.41) is 0.380. The largest absolute Gasteiger partial charge is 0.491 e. The van der Waals surface area contributed by atoms with E-state index < -0.39 is 17.2 Å². The number of hydrogen-bond acceptors (Lipinski definition) is 2. The number of H-pyrrole nitrogens is 1. The molecule has 0 fully saturated rings. The standard InChI is InChI=1S/C10H7F2NO2/c1-15-10-8(12)6(11)4-5-2-3-7(14)13-9(5)10/h2-4H,1H3,(H,13,14). The summed E-state index contributed by atoms with van der Waals surface area (Å²) in [7, 11) is 1.21. The second-order valence-electron chi connectivity index (χ2n) is 2.99. The van der Waals surface area contributed by atoms with Gasteiger partial charge in [-0.15, -0.1) is 0 Å². The van der Waals surface area contributed by atoms with E-state index in [1.54, 1.807) is 0 Å². The molecule has 2 rings (SSSR count). The Labute approximate surface area is 83.3 Å². The van der Waals surface area contributed by atoms with Gasteiger partial charge in [-0.05, 0) is 12.1 Å². The molecular formula is C10H7F2NO2. The number of methoxy groups -OCH3 is 1. The Kier molecular flexibility index (Phi) is 2.15. The maximum absolute atomic E-state index is 13.2. The molecule has 1 N–H and O–H groups in total. The third-order valence-electron chi connectivity index (χ3n) is 2.07. The lowest BCUT2D eigenvalue weighted by Gasteiger charge is -2.06. The predicted molar refractivity (Wildman–Crippen MR) is 51.0 cm³/mol. The van der Waals surface area contributed by atoms with Crippen LogP contribution in [0, 0.1) is 11.6 Å². The van der Waals surface area contributed by atoms with Crippen molar-refractivity contribution >= 4 is 10.9 Å². The van der Waals surface area contributed by atoms with Crippen LogP contribution in [0.4, 0.5) is 8.78 Å². The number of rotatable bonds is 1. The number of halogens is 2. The van der Waals surface area contributed by atoms with E-state index in [2.05, 4.69) is 4.98 Å². The van der Waals surface area contributed by atoms with Crippen LogP contribution in [0.2, 0.25) is 0 Å². The highest BCUT2D eigenvalue weighted by atomic mass is 19.2. The van der Waals surface area contributed by atoms with Gasteiger partial charge in [-0.1, -0.05) is 0 Å². The van der Waals surface area contributed by atoms with Crippen LogP contribution in [0.1, 0.15) is 0 Å². The molecule has 0 saturated carbocycles. The lowest BCUT2D eigenvalue weighted by Crippen LogP contribution is -2.05. The van der Waals surface area contributed by atoms with Gasteiger partial charge in [-0.25, -0.2) is 4.39 Å². The van der Waals surface area contributed by atoms with E-state index in [4.69, 9.17) is 4.74 Å². The number of nitrogens with one attached hydrogen (secondary N) is 1. The second-order valence-corrected chi connectivity index (χ2v) is 2.99. The summed E-state index contributed by atoms with van der Waals surface area (Å²) in [4.78, 5) is 13.4. The summed E-state index contributed by atoms with van der Waals surface area (Å²) in [5.41, 5.74) is -0.240. The fraction of sp³-hybridized carbons (Fsp3) is 0.100. The minimum Gasteiger partial charge on any atom is -0.491 e. The molecule has 1 heterocycles. The number of pyridine rings is 1. The Morgan fingerprint density at radius 3 is 2.73 bits per heavy atom. The van der Waals surface area contributed by atoms with Crippen molar-refractivity contribution in [3.63, 3.8) is 0 Å². The molecule has 0 bridgehead atoms. The summed E-state index contributed by atoms with van der Waals surface area (Å²) < 4.78 is 31.0. The first-order chi connectivity index (χ1) is 7.13. The molecule has 0 aliphatic carbocycles. The lowest BCUT2D eigenvalue weighted by atomic mass is 10.2. The van der Waals surface area contributed by atoms with Gasteiger partial charge in [-0.3, -0.25) is 4.79 Å². The maximum Gasteiger partial charge on any atom is 0.248 e. The van der Waals surface area contributed by atoms with Crippen molar-refractivity contribution in [3.8, 4) is 5.75 Å². The number of fused-ring (bicyclic) bond motifs is 1. The third-order valence-corrected chi connectivity index (χ3v) is 2.07. The summed E-state index contributed by atoms with van der Waals surface area (Å²) in [6, 6.07) is 3.64. The summed E-state index contributed by atoms with van der Waals surface area (Å²) in [6.07, 6.45) is 0. The molecular weight excluding hydrogens is 204 g/mol. The maximum atomic E-state index is 13.2. The van der Waals surface area contributed by atoms with Crippen molar-refractivity contribution in [2.75, 3.05) is 7.11 Å². The van der Waals surface area contributed by atoms with Gasteiger partial charge in [0.25, 0.3) is 0 Å². The quantitative estimate of drug-likeness (QED) is 0.781. The zero-order valence-corrected chi connectivity index (χ0v) is 7.80. The van der Waals surface area contributed by atoms with Crippen LogP contribution < -0.4 is 10.3 Å². The summed E-state index contributed by atoms with van der Waals surface area (Å²) in [5.74, 6) is -2.40. The van der Waals surface area contributed by atoms with E-state index in [1.807, 2.05) is 0 Å². The predicted octanol–water partition coefficient (Wildman–Crippen LogP) is 1.81. The van der Waals surface area contributed by atoms with Gasteiger partial charge >= 0.3 is 0 Å². The van der Waals surface area contributed by atoms with Crippen molar-refractivity contribution < 1.29 is 13.5 Å². The van der Waals surface area contributed by atoms with Crippen LogP contribution in [0.3, 0.4) is 0 Å². The van der Waals surface area contributed by atoms with Gasteiger partial charge in [0.15, 0.2) is 11.6 Å². The number of ether oxygens (including phenoxy) is 1. The molecule has 5 heteroatoms. The van der Waals surface area contributed by atoms with E-state index >= 15 is 0 Å². The Hall–Kier alpha value is -1.91. The normalized spacial score (nSPS) is 10.6. The molecule has 0 aliphatic heterocycles.